The molecule has 0 aromatic rings. The molecule has 0 N–H and O–H groups in total. The Morgan fingerprint density at radius 2 is 1.06 bits per heavy atom. The molecule has 1 aliphatic rings. The lowest BCUT2D eigenvalue weighted by Gasteiger charge is -2.39. The van der Waals surface area contributed by atoms with Crippen LogP contribution in [-0.4, -0.2) is 11.1 Å². The molecule has 18 heavy (non-hydrogen) atoms. The van der Waals surface area contributed by atoms with Gasteiger partial charge in [0.2, 0.25) is 0 Å². The standard InChI is InChI=1S/C16H24NO/c1-5-9-15(10-6-2)13-14-16(11-7-3,12-8-4)17(15)18/h5-8H,1-4,9-14H2. The van der Waals surface area contributed by atoms with Crippen LogP contribution in [0.2, 0.25) is 0 Å². The smallest absolute Gasteiger partial charge is 0.150 e. The van der Waals surface area contributed by atoms with Gasteiger partial charge in [-0.2, -0.15) is 5.06 Å². The van der Waals surface area contributed by atoms with E-state index in [0.29, 0.717) is 25.7 Å². The Morgan fingerprint density at radius 3 is 1.28 bits per heavy atom. The van der Waals surface area contributed by atoms with Crippen LogP contribution < -0.4 is 5.06 Å². The second-order valence-electron chi connectivity index (χ2n) is 5.21. The van der Waals surface area contributed by atoms with Gasteiger partial charge in [0.05, 0.1) is 0 Å². The van der Waals surface area contributed by atoms with E-state index in [1.165, 1.54) is 5.06 Å². The highest BCUT2D eigenvalue weighted by Crippen LogP contribution is 2.46. The van der Waals surface area contributed by atoms with Crippen LogP contribution in [0.25, 0.3) is 0 Å². The van der Waals surface area contributed by atoms with Crippen molar-refractivity contribution >= 4 is 0 Å². The zero-order valence-electron chi connectivity index (χ0n) is 11.2. The summed E-state index contributed by atoms with van der Waals surface area (Å²) in [6.07, 6.45) is 12.0. The van der Waals surface area contributed by atoms with Crippen LogP contribution in [-0.2, 0) is 0 Å². The first-order valence-electron chi connectivity index (χ1n) is 6.52. The fourth-order valence-corrected chi connectivity index (χ4v) is 3.15. The third-order valence-electron chi connectivity index (χ3n) is 4.01. The van der Waals surface area contributed by atoms with Crippen molar-refractivity contribution in [1.82, 2.24) is 5.06 Å². The first-order valence-corrected chi connectivity index (χ1v) is 6.52. The molecule has 0 unspecified atom stereocenters. The Balaban J connectivity index is 3.05. The summed E-state index contributed by atoms with van der Waals surface area (Å²) in [6, 6.07) is 0. The number of nitrogens with zero attached hydrogens (tertiary/aromatic N) is 1. The lowest BCUT2D eigenvalue weighted by Crippen LogP contribution is -2.54. The van der Waals surface area contributed by atoms with E-state index in [-0.39, 0.29) is 11.1 Å². The van der Waals surface area contributed by atoms with Gasteiger partial charge in [0.15, 0.2) is 0 Å². The lowest BCUT2D eigenvalue weighted by atomic mass is 9.88. The van der Waals surface area contributed by atoms with Crippen LogP contribution in [0.15, 0.2) is 50.6 Å². The van der Waals surface area contributed by atoms with Crippen LogP contribution in [0.5, 0.6) is 0 Å². The summed E-state index contributed by atoms with van der Waals surface area (Å²) < 4.78 is 0. The molecule has 0 bridgehead atoms. The van der Waals surface area contributed by atoms with E-state index < -0.39 is 0 Å². The Labute approximate surface area is 111 Å². The van der Waals surface area contributed by atoms with E-state index >= 15 is 0 Å². The monoisotopic (exact) mass is 246 g/mol. The lowest BCUT2D eigenvalue weighted by molar-refractivity contribution is 0.196. The van der Waals surface area contributed by atoms with Crippen molar-refractivity contribution in [3.8, 4) is 0 Å². The second-order valence-corrected chi connectivity index (χ2v) is 5.21. The fourth-order valence-electron chi connectivity index (χ4n) is 3.15. The highest BCUT2D eigenvalue weighted by atomic mass is 16.5. The van der Waals surface area contributed by atoms with Crippen LogP contribution in [0.1, 0.15) is 38.5 Å². The zero-order valence-corrected chi connectivity index (χ0v) is 11.2. The van der Waals surface area contributed by atoms with Gasteiger partial charge in [0.1, 0.15) is 11.1 Å². The molecule has 0 saturated carbocycles. The van der Waals surface area contributed by atoms with E-state index in [0.717, 1.165) is 12.8 Å². The highest BCUT2D eigenvalue weighted by molar-refractivity contribution is 5.18. The summed E-state index contributed by atoms with van der Waals surface area (Å²) in [5.41, 5.74) is -0.731. The van der Waals surface area contributed by atoms with Crippen molar-refractivity contribution < 1.29 is 0 Å². The van der Waals surface area contributed by atoms with E-state index in [9.17, 15) is 5.21 Å². The maximum absolute atomic E-state index is 12.8. The molecule has 0 aromatic heterocycles. The molecule has 1 saturated heterocycles. The van der Waals surface area contributed by atoms with E-state index in [2.05, 4.69) is 26.3 Å². The average Bonchev–Trinajstić information content (AvgIpc) is 2.58. The number of hydroxylamine groups is 2. The van der Waals surface area contributed by atoms with Gasteiger partial charge in [-0.1, -0.05) is 24.3 Å². The van der Waals surface area contributed by atoms with Crippen LogP contribution in [0.4, 0.5) is 0 Å². The molecule has 0 aromatic carbocycles. The second kappa shape index (κ2) is 6.17. The molecule has 0 spiro atoms. The molecule has 1 aliphatic heterocycles. The topological polar surface area (TPSA) is 29.0 Å². The third-order valence-corrected chi connectivity index (χ3v) is 4.01. The van der Waals surface area contributed by atoms with Gasteiger partial charge in [0.25, 0.3) is 0 Å². The maximum atomic E-state index is 12.8. The van der Waals surface area contributed by atoms with Gasteiger partial charge in [-0.15, -0.1) is 26.3 Å². The summed E-state index contributed by atoms with van der Waals surface area (Å²) in [5, 5.41) is 14.1. The van der Waals surface area contributed by atoms with Gasteiger partial charge in [-0.3, -0.25) is 0 Å². The zero-order chi connectivity index (χ0) is 13.6. The van der Waals surface area contributed by atoms with Gasteiger partial charge in [-0.25, -0.2) is 0 Å². The minimum Gasteiger partial charge on any atom is -0.581 e. The molecule has 99 valence electrons. The Kier molecular flexibility index (Phi) is 5.12. The molecule has 0 aliphatic carbocycles. The SMILES string of the molecule is C=CCC1(CC=C)CCC(CC=C)(CC=C)[N+]1[O-]. The Bertz CT molecular complexity index is 280. The normalized spacial score (nSPS) is 21.4. The highest BCUT2D eigenvalue weighted by Gasteiger charge is 2.57. The molecule has 0 atom stereocenters. The molecular weight excluding hydrogens is 222 g/mol. The summed E-state index contributed by atoms with van der Waals surface area (Å²) in [5.74, 6) is 0. The first kappa shape index (κ1) is 14.9. The molecule has 0 amide bonds. The number of hydrogen-bond acceptors (Lipinski definition) is 2. The minimum absolute atomic E-state index is 0.366. The van der Waals surface area contributed by atoms with Crippen molar-refractivity contribution in [2.24, 2.45) is 0 Å². The third kappa shape index (κ3) is 2.50. The predicted molar refractivity (Wildman–Crippen MR) is 79.5 cm³/mol. The van der Waals surface area contributed by atoms with E-state index in [1.807, 2.05) is 24.3 Å². The largest absolute Gasteiger partial charge is 0.581 e. The van der Waals surface area contributed by atoms with Crippen molar-refractivity contribution in [1.29, 1.82) is 0 Å². The summed E-state index contributed by atoms with van der Waals surface area (Å²) >= 11 is 0. The van der Waals surface area contributed by atoms with Crippen LogP contribution >= 0.6 is 0 Å². The van der Waals surface area contributed by atoms with Crippen molar-refractivity contribution in [3.05, 3.63) is 55.8 Å². The van der Waals surface area contributed by atoms with Crippen molar-refractivity contribution in [2.75, 3.05) is 0 Å². The quantitative estimate of drug-likeness (QED) is 0.358. The summed E-state index contributed by atoms with van der Waals surface area (Å²) in [4.78, 5) is 0. The van der Waals surface area contributed by atoms with Gasteiger partial charge in [0, 0.05) is 38.5 Å². The fraction of sp³-hybridized carbons (Fsp3) is 0.500. The van der Waals surface area contributed by atoms with E-state index in [4.69, 9.17) is 0 Å². The minimum atomic E-state index is -0.366. The van der Waals surface area contributed by atoms with E-state index in [1.54, 1.807) is 0 Å². The summed E-state index contributed by atoms with van der Waals surface area (Å²) in [6.45, 7) is 15.1. The van der Waals surface area contributed by atoms with Crippen molar-refractivity contribution in [3.63, 3.8) is 0 Å². The number of rotatable bonds is 8. The van der Waals surface area contributed by atoms with Crippen LogP contribution in [0.3, 0.4) is 0 Å². The van der Waals surface area contributed by atoms with Gasteiger partial charge in [-0.05, 0) is 0 Å². The molecule has 2 nitrogen and oxygen atoms in total. The molecule has 1 heterocycles. The maximum Gasteiger partial charge on any atom is 0.150 e. The molecular formula is C16H24NO. The Morgan fingerprint density at radius 1 is 0.778 bits per heavy atom. The first-order chi connectivity index (χ1) is 8.60. The molecule has 2 heteroatoms. The van der Waals surface area contributed by atoms with Crippen molar-refractivity contribution in [2.45, 2.75) is 49.6 Å². The number of hydrogen-bond donors (Lipinski definition) is 0. The predicted octanol–water partition coefficient (Wildman–Crippen LogP) is 4.20. The molecule has 1 fully saturated rings. The van der Waals surface area contributed by atoms with Gasteiger partial charge >= 0.3 is 0 Å². The molecule has 1 radical (unpaired) electrons. The van der Waals surface area contributed by atoms with Crippen LogP contribution in [0, 0.1) is 5.21 Å². The van der Waals surface area contributed by atoms with Gasteiger partial charge < -0.3 is 5.21 Å². The average molecular weight is 246 g/mol. The molecule has 1 rings (SSSR count). The Hall–Kier alpha value is -1.12. The summed E-state index contributed by atoms with van der Waals surface area (Å²) in [7, 11) is 0.